The molecule has 3 rings (SSSR count). The van der Waals surface area contributed by atoms with Gasteiger partial charge in [-0.05, 0) is 31.4 Å². The number of hydrogen-bond donors (Lipinski definition) is 1. The molecule has 2 aromatic rings. The van der Waals surface area contributed by atoms with Gasteiger partial charge in [0.1, 0.15) is 0 Å². The van der Waals surface area contributed by atoms with Gasteiger partial charge in [0.15, 0.2) is 5.58 Å². The molecule has 0 bridgehead atoms. The zero-order valence-electron chi connectivity index (χ0n) is 15.6. The summed E-state index contributed by atoms with van der Waals surface area (Å²) in [6.07, 6.45) is 3.20. The zero-order chi connectivity index (χ0) is 19.6. The maximum absolute atomic E-state index is 13.0. The first-order valence-corrected chi connectivity index (χ1v) is 10.7. The predicted octanol–water partition coefficient (Wildman–Crippen LogP) is 1.45. The number of nitrogens with one attached hydrogen (secondary N) is 1. The molecule has 1 aliphatic heterocycles. The lowest BCUT2D eigenvalue weighted by atomic mass is 9.99. The molecule has 0 saturated carbocycles. The van der Waals surface area contributed by atoms with Crippen molar-refractivity contribution >= 4 is 27.0 Å². The molecule has 9 heteroatoms. The largest absolute Gasteiger partial charge is 0.419 e. The second-order valence-corrected chi connectivity index (χ2v) is 8.84. The highest BCUT2D eigenvalue weighted by Crippen LogP contribution is 2.26. The Hall–Kier alpha value is -2.13. The molecular weight excluding hydrogens is 370 g/mol. The lowest BCUT2D eigenvalue weighted by molar-refractivity contribution is -0.126. The Kier molecular flexibility index (Phi) is 5.71. The van der Waals surface area contributed by atoms with Crippen molar-refractivity contribution in [3.8, 4) is 0 Å². The third-order valence-corrected chi connectivity index (χ3v) is 6.85. The third kappa shape index (κ3) is 3.93. The van der Waals surface area contributed by atoms with Gasteiger partial charge < -0.3 is 9.73 Å². The van der Waals surface area contributed by atoms with Crippen molar-refractivity contribution in [2.75, 3.05) is 19.6 Å². The fourth-order valence-electron chi connectivity index (χ4n) is 3.33. The topological polar surface area (TPSA) is 102 Å². The van der Waals surface area contributed by atoms with Crippen molar-refractivity contribution in [2.24, 2.45) is 13.0 Å². The summed E-state index contributed by atoms with van der Waals surface area (Å²) in [4.78, 5) is 24.0. The van der Waals surface area contributed by atoms with Crippen LogP contribution in [0.15, 0.2) is 32.3 Å². The Labute approximate surface area is 158 Å². The van der Waals surface area contributed by atoms with Gasteiger partial charge in [0.05, 0.1) is 16.3 Å². The van der Waals surface area contributed by atoms with E-state index in [1.165, 1.54) is 21.0 Å². The number of aromatic nitrogens is 1. The van der Waals surface area contributed by atoms with Crippen LogP contribution in [0.4, 0.5) is 0 Å². The minimum absolute atomic E-state index is 0.0661. The van der Waals surface area contributed by atoms with E-state index in [9.17, 15) is 18.0 Å². The van der Waals surface area contributed by atoms with Gasteiger partial charge in [0.2, 0.25) is 15.9 Å². The number of nitrogens with zero attached hydrogens (tertiary/aromatic N) is 2. The molecule has 0 radical (unpaired) electrons. The van der Waals surface area contributed by atoms with Crippen molar-refractivity contribution in [1.29, 1.82) is 0 Å². The number of benzene rings is 1. The third-order valence-electron chi connectivity index (χ3n) is 4.99. The molecule has 1 N–H and O–H groups in total. The maximum atomic E-state index is 13.0. The number of oxazole rings is 1. The Morgan fingerprint density at radius 1 is 1.37 bits per heavy atom. The minimum atomic E-state index is -3.77. The first-order valence-electron chi connectivity index (χ1n) is 9.22. The number of rotatable bonds is 6. The van der Waals surface area contributed by atoms with Crippen LogP contribution in [0, 0.1) is 5.92 Å². The molecule has 1 amide bonds. The number of fused-ring (bicyclic) bond motifs is 1. The normalized spacial score (nSPS) is 18.7. The Balaban J connectivity index is 1.79. The fraction of sp³-hybridized carbons (Fsp3) is 0.556. The van der Waals surface area contributed by atoms with E-state index in [0.717, 1.165) is 12.8 Å². The van der Waals surface area contributed by atoms with E-state index in [1.54, 1.807) is 13.1 Å². The standard InChI is InChI=1S/C18H25N3O5S/c1-3-4-9-19-17(22)13-6-5-10-21(12-13)27(24,25)14-7-8-15-16(11-14)26-18(23)20(15)2/h7-8,11,13H,3-6,9-10,12H2,1-2H3,(H,19,22)/t13-/m0/s1. The number of amides is 1. The molecule has 27 heavy (non-hydrogen) atoms. The quantitative estimate of drug-likeness (QED) is 0.746. The summed E-state index contributed by atoms with van der Waals surface area (Å²) < 4.78 is 33.8. The first kappa shape index (κ1) is 19.6. The summed E-state index contributed by atoms with van der Waals surface area (Å²) in [5.41, 5.74) is 0.764. The van der Waals surface area contributed by atoms with E-state index in [2.05, 4.69) is 5.32 Å². The first-order chi connectivity index (χ1) is 12.8. The van der Waals surface area contributed by atoms with Crippen molar-refractivity contribution < 1.29 is 17.6 Å². The number of sulfonamides is 1. The van der Waals surface area contributed by atoms with Crippen LogP contribution in [-0.2, 0) is 21.9 Å². The second kappa shape index (κ2) is 7.85. The van der Waals surface area contributed by atoms with Crippen molar-refractivity contribution in [3.05, 3.63) is 28.7 Å². The molecule has 0 aliphatic carbocycles. The van der Waals surface area contributed by atoms with Crippen LogP contribution in [0.25, 0.3) is 11.1 Å². The number of unbranched alkanes of at least 4 members (excludes halogenated alkanes) is 1. The molecule has 1 fully saturated rings. The molecule has 8 nitrogen and oxygen atoms in total. The monoisotopic (exact) mass is 395 g/mol. The van der Waals surface area contributed by atoms with Gasteiger partial charge in [-0.3, -0.25) is 9.36 Å². The molecule has 0 unspecified atom stereocenters. The summed E-state index contributed by atoms with van der Waals surface area (Å²) in [7, 11) is -2.20. The Morgan fingerprint density at radius 3 is 2.89 bits per heavy atom. The van der Waals surface area contributed by atoms with Crippen LogP contribution < -0.4 is 11.1 Å². The minimum Gasteiger partial charge on any atom is -0.408 e. The molecule has 2 heterocycles. The average Bonchev–Trinajstić information content (AvgIpc) is 2.95. The van der Waals surface area contributed by atoms with Crippen molar-refractivity contribution in [1.82, 2.24) is 14.2 Å². The smallest absolute Gasteiger partial charge is 0.408 e. The van der Waals surface area contributed by atoms with Crippen molar-refractivity contribution in [3.63, 3.8) is 0 Å². The summed E-state index contributed by atoms with van der Waals surface area (Å²) >= 11 is 0. The SMILES string of the molecule is CCCCNC(=O)[C@H]1CCCN(S(=O)(=O)c2ccc3c(c2)oc(=O)n3C)C1. The van der Waals surface area contributed by atoms with Gasteiger partial charge in [-0.2, -0.15) is 4.31 Å². The second-order valence-electron chi connectivity index (χ2n) is 6.90. The Bertz CT molecular complexity index is 992. The van der Waals surface area contributed by atoms with E-state index in [4.69, 9.17) is 4.42 Å². The molecule has 1 aromatic carbocycles. The number of carbonyl (C=O) groups is 1. The van der Waals surface area contributed by atoms with Crippen LogP contribution in [0.5, 0.6) is 0 Å². The zero-order valence-corrected chi connectivity index (χ0v) is 16.4. The number of aryl methyl sites for hydroxylation is 1. The fourth-order valence-corrected chi connectivity index (χ4v) is 4.87. The molecule has 1 aliphatic rings. The van der Waals surface area contributed by atoms with E-state index in [1.807, 2.05) is 6.92 Å². The van der Waals surface area contributed by atoms with Crippen LogP contribution in [0.2, 0.25) is 0 Å². The highest BCUT2D eigenvalue weighted by Gasteiger charge is 2.33. The van der Waals surface area contributed by atoms with Crippen LogP contribution >= 0.6 is 0 Å². The van der Waals surface area contributed by atoms with E-state index >= 15 is 0 Å². The molecule has 1 saturated heterocycles. The summed E-state index contributed by atoms with van der Waals surface area (Å²) in [5, 5.41) is 2.89. The molecular formula is C18H25N3O5S. The molecule has 148 valence electrons. The van der Waals surface area contributed by atoms with E-state index in [-0.39, 0.29) is 28.8 Å². The van der Waals surface area contributed by atoms with Crippen LogP contribution in [-0.4, -0.2) is 42.8 Å². The molecule has 0 spiro atoms. The lowest BCUT2D eigenvalue weighted by Crippen LogP contribution is -2.45. The van der Waals surface area contributed by atoms with E-state index in [0.29, 0.717) is 31.4 Å². The molecule has 1 aromatic heterocycles. The van der Waals surface area contributed by atoms with Crippen molar-refractivity contribution in [2.45, 2.75) is 37.5 Å². The maximum Gasteiger partial charge on any atom is 0.419 e. The van der Waals surface area contributed by atoms with Gasteiger partial charge in [0.25, 0.3) is 0 Å². The lowest BCUT2D eigenvalue weighted by Gasteiger charge is -2.31. The predicted molar refractivity (Wildman–Crippen MR) is 101 cm³/mol. The summed E-state index contributed by atoms with van der Waals surface area (Å²) in [6, 6.07) is 4.40. The number of piperidine rings is 1. The van der Waals surface area contributed by atoms with Gasteiger partial charge in [0, 0.05) is 32.7 Å². The van der Waals surface area contributed by atoms with Gasteiger partial charge >= 0.3 is 5.76 Å². The van der Waals surface area contributed by atoms with Crippen LogP contribution in [0.1, 0.15) is 32.6 Å². The average molecular weight is 395 g/mol. The van der Waals surface area contributed by atoms with Crippen LogP contribution in [0.3, 0.4) is 0 Å². The summed E-state index contributed by atoms with van der Waals surface area (Å²) in [6.45, 7) is 3.20. The van der Waals surface area contributed by atoms with Gasteiger partial charge in [-0.15, -0.1) is 0 Å². The number of carbonyl (C=O) groups excluding carboxylic acids is 1. The highest BCUT2D eigenvalue weighted by atomic mass is 32.2. The summed E-state index contributed by atoms with van der Waals surface area (Å²) in [5.74, 6) is -0.974. The highest BCUT2D eigenvalue weighted by molar-refractivity contribution is 7.89. The molecule has 1 atom stereocenters. The van der Waals surface area contributed by atoms with E-state index < -0.39 is 15.8 Å². The van der Waals surface area contributed by atoms with Gasteiger partial charge in [-0.1, -0.05) is 13.3 Å². The van der Waals surface area contributed by atoms with Gasteiger partial charge in [-0.25, -0.2) is 13.2 Å². The number of hydrogen-bond acceptors (Lipinski definition) is 5. The Morgan fingerprint density at radius 2 is 2.15 bits per heavy atom.